The predicted octanol–water partition coefficient (Wildman–Crippen LogP) is 1.03. The van der Waals surface area contributed by atoms with Gasteiger partial charge in [0.25, 0.3) is 0 Å². The summed E-state index contributed by atoms with van der Waals surface area (Å²) >= 11 is 0. The van der Waals surface area contributed by atoms with E-state index in [1.54, 1.807) is 6.92 Å². The van der Waals surface area contributed by atoms with Crippen LogP contribution in [0.15, 0.2) is 18.2 Å². The van der Waals surface area contributed by atoms with Crippen LogP contribution < -0.4 is 10.5 Å². The van der Waals surface area contributed by atoms with Gasteiger partial charge in [0.2, 0.25) is 5.78 Å². The molecule has 11 heteroatoms. The van der Waals surface area contributed by atoms with Gasteiger partial charge < -0.3 is 40.4 Å². The predicted molar refractivity (Wildman–Crippen MR) is 130 cm³/mol. The number of carbonyl (C=O) groups excluding carboxylic acids is 3. The number of nitrogens with two attached hydrogens (primary N) is 1. The topological polar surface area (TPSA) is 186 Å². The summed E-state index contributed by atoms with van der Waals surface area (Å²) in [5.41, 5.74) is 2.97. The third-order valence-corrected chi connectivity index (χ3v) is 7.80. The molecular weight excluding hydrogens is 498 g/mol. The number of aliphatic hydroxyl groups excluding tert-OH is 1. The molecule has 1 saturated heterocycles. The maximum atomic E-state index is 13.6. The molecule has 5 rings (SSSR count). The van der Waals surface area contributed by atoms with Gasteiger partial charge in [0.05, 0.1) is 42.1 Å². The van der Waals surface area contributed by atoms with Gasteiger partial charge in [0.15, 0.2) is 17.9 Å². The van der Waals surface area contributed by atoms with E-state index in [4.69, 9.17) is 19.9 Å². The van der Waals surface area contributed by atoms with Crippen molar-refractivity contribution in [3.63, 3.8) is 0 Å². The van der Waals surface area contributed by atoms with Gasteiger partial charge in [-0.3, -0.25) is 14.4 Å². The molecule has 0 amide bonds. The van der Waals surface area contributed by atoms with Gasteiger partial charge in [-0.25, -0.2) is 0 Å². The van der Waals surface area contributed by atoms with E-state index in [0.29, 0.717) is 0 Å². The molecule has 6 atom stereocenters. The van der Waals surface area contributed by atoms with Gasteiger partial charge in [-0.1, -0.05) is 12.1 Å². The molecule has 0 bridgehead atoms. The smallest absolute Gasteiger partial charge is 0.202 e. The number of phenolic OH excluding ortho intramolecular Hbond substituents is 2. The molecule has 0 radical (unpaired) electrons. The first-order valence-corrected chi connectivity index (χ1v) is 12.2. The fourth-order valence-corrected chi connectivity index (χ4v) is 5.66. The molecule has 202 valence electrons. The van der Waals surface area contributed by atoms with Crippen molar-refractivity contribution >= 4 is 17.3 Å². The highest BCUT2D eigenvalue weighted by atomic mass is 16.7. The molecular formula is C27H29NO10. The van der Waals surface area contributed by atoms with E-state index in [9.17, 15) is 34.8 Å². The summed E-state index contributed by atoms with van der Waals surface area (Å²) < 4.78 is 17.1. The zero-order valence-electron chi connectivity index (χ0n) is 21.1. The Morgan fingerprint density at radius 3 is 2.45 bits per heavy atom. The fourth-order valence-electron chi connectivity index (χ4n) is 5.66. The average molecular weight is 528 g/mol. The van der Waals surface area contributed by atoms with E-state index >= 15 is 0 Å². The van der Waals surface area contributed by atoms with Crippen LogP contribution in [0.3, 0.4) is 0 Å². The van der Waals surface area contributed by atoms with Crippen LogP contribution in [0.1, 0.15) is 75.8 Å². The Morgan fingerprint density at radius 1 is 1.13 bits per heavy atom. The molecule has 38 heavy (non-hydrogen) atoms. The molecule has 11 nitrogen and oxygen atoms in total. The van der Waals surface area contributed by atoms with Gasteiger partial charge >= 0.3 is 0 Å². The largest absolute Gasteiger partial charge is 0.507 e. The second-order valence-electron chi connectivity index (χ2n) is 10.1. The van der Waals surface area contributed by atoms with Gasteiger partial charge in [-0.2, -0.15) is 0 Å². The van der Waals surface area contributed by atoms with E-state index in [0.717, 1.165) is 0 Å². The maximum absolute atomic E-state index is 13.6. The molecule has 0 spiro atoms. The van der Waals surface area contributed by atoms with Crippen molar-refractivity contribution in [2.45, 2.75) is 69.4 Å². The number of fused-ring (bicyclic) bond motifs is 3. The number of hydrogen-bond acceptors (Lipinski definition) is 11. The zero-order valence-corrected chi connectivity index (χ0v) is 21.1. The maximum Gasteiger partial charge on any atom is 0.202 e. The van der Waals surface area contributed by atoms with Crippen LogP contribution in [-0.2, 0) is 20.7 Å². The van der Waals surface area contributed by atoms with E-state index in [1.807, 2.05) is 0 Å². The van der Waals surface area contributed by atoms with Crippen molar-refractivity contribution in [3.05, 3.63) is 51.6 Å². The van der Waals surface area contributed by atoms with Crippen LogP contribution in [0, 0.1) is 0 Å². The molecule has 0 aromatic heterocycles. The minimum absolute atomic E-state index is 0.0147. The standard InChI is InChI=1S/C27H29NO10/c1-10-22(30)14(28)7-17(37-10)38-16-9-27(35,11(2)29)8-13-19(16)26(34)21-20(24(13)32)23(31)12-5-4-6-15(36-3)18(12)25(21)33/h4-6,10,14,16-17,22,30,32,34-35H,7-9,28H2,1-3H3/t10-,14-,16?,17-,22+,27?/m0/s1. The highest BCUT2D eigenvalue weighted by Crippen LogP contribution is 2.52. The molecule has 1 heterocycles. The zero-order chi connectivity index (χ0) is 27.7. The fraction of sp³-hybridized carbons (Fsp3) is 0.444. The normalized spacial score (nSPS) is 30.3. The minimum atomic E-state index is -2.00. The van der Waals surface area contributed by atoms with Crippen LogP contribution in [0.25, 0.3) is 0 Å². The summed E-state index contributed by atoms with van der Waals surface area (Å²) in [4.78, 5) is 39.6. The Morgan fingerprint density at radius 2 is 1.82 bits per heavy atom. The van der Waals surface area contributed by atoms with Crippen molar-refractivity contribution in [3.8, 4) is 17.2 Å². The number of carbonyl (C=O) groups is 3. The van der Waals surface area contributed by atoms with E-state index in [1.165, 1.54) is 32.2 Å². The third kappa shape index (κ3) is 3.81. The summed E-state index contributed by atoms with van der Waals surface area (Å²) in [6.07, 6.45) is -4.53. The van der Waals surface area contributed by atoms with Crippen LogP contribution in [0.5, 0.6) is 17.2 Å². The van der Waals surface area contributed by atoms with E-state index in [2.05, 4.69) is 0 Å². The highest BCUT2D eigenvalue weighted by Gasteiger charge is 2.49. The van der Waals surface area contributed by atoms with Gasteiger partial charge in [-0.15, -0.1) is 0 Å². The van der Waals surface area contributed by atoms with Crippen LogP contribution in [0.4, 0.5) is 0 Å². The van der Waals surface area contributed by atoms with E-state index < -0.39 is 82.6 Å². The Balaban J connectivity index is 1.68. The number of ketones is 3. The van der Waals surface area contributed by atoms with Crippen LogP contribution >= 0.6 is 0 Å². The van der Waals surface area contributed by atoms with Gasteiger partial charge in [0, 0.05) is 42.0 Å². The number of aliphatic hydroxyl groups is 2. The van der Waals surface area contributed by atoms with Crippen molar-refractivity contribution in [2.24, 2.45) is 5.73 Å². The Hall–Kier alpha value is -3.35. The van der Waals surface area contributed by atoms with Crippen LogP contribution in [0.2, 0.25) is 0 Å². The number of hydrogen-bond donors (Lipinski definition) is 5. The Bertz CT molecular complexity index is 1360. The first-order chi connectivity index (χ1) is 17.9. The van der Waals surface area contributed by atoms with Gasteiger partial charge in [0.1, 0.15) is 22.8 Å². The lowest BCUT2D eigenvalue weighted by Crippen LogP contribution is -2.52. The van der Waals surface area contributed by atoms with Crippen molar-refractivity contribution in [1.82, 2.24) is 0 Å². The van der Waals surface area contributed by atoms with Gasteiger partial charge in [-0.05, 0) is 19.9 Å². The summed E-state index contributed by atoms with van der Waals surface area (Å²) in [5, 5.41) is 44.1. The Labute approximate surface area is 217 Å². The molecule has 6 N–H and O–H groups in total. The van der Waals surface area contributed by atoms with Crippen molar-refractivity contribution < 1.29 is 49.0 Å². The number of aromatic hydroxyl groups is 2. The van der Waals surface area contributed by atoms with Crippen LogP contribution in [-0.4, -0.2) is 75.0 Å². The Kier molecular flexibility index (Phi) is 6.32. The molecule has 2 aliphatic carbocycles. The summed E-state index contributed by atoms with van der Waals surface area (Å²) in [5.74, 6) is -3.18. The molecule has 1 aliphatic heterocycles. The number of ether oxygens (including phenoxy) is 3. The lowest BCUT2D eigenvalue weighted by atomic mass is 9.72. The number of benzene rings is 2. The molecule has 0 saturated carbocycles. The second-order valence-corrected chi connectivity index (χ2v) is 10.1. The first-order valence-electron chi connectivity index (χ1n) is 12.2. The average Bonchev–Trinajstić information content (AvgIpc) is 2.87. The monoisotopic (exact) mass is 527 g/mol. The number of rotatable bonds is 4. The second kappa shape index (κ2) is 9.14. The lowest BCUT2D eigenvalue weighted by Gasteiger charge is -2.42. The summed E-state index contributed by atoms with van der Waals surface area (Å²) in [7, 11) is 1.34. The first kappa shape index (κ1) is 26.3. The van der Waals surface area contributed by atoms with Crippen molar-refractivity contribution in [1.29, 1.82) is 0 Å². The quantitative estimate of drug-likeness (QED) is 0.305. The molecule has 2 aromatic carbocycles. The number of phenols is 2. The minimum Gasteiger partial charge on any atom is -0.507 e. The number of methoxy groups -OCH3 is 1. The summed E-state index contributed by atoms with van der Waals surface area (Å²) in [6.45, 7) is 2.79. The molecule has 3 aliphatic rings. The van der Waals surface area contributed by atoms with Crippen molar-refractivity contribution in [2.75, 3.05) is 7.11 Å². The summed E-state index contributed by atoms with van der Waals surface area (Å²) in [6, 6.07) is 3.75. The molecule has 2 unspecified atom stereocenters. The molecule has 2 aromatic rings. The molecule has 1 fully saturated rings. The SMILES string of the molecule is COc1cccc2c1C(=O)c1c(O)c3c(c(O)c1C2=O)CC(O)(C(C)=O)CC3O[C@H]1C[C@H](N)[C@H](O)[C@H](C)O1. The number of Topliss-reactive ketones (excluding diaryl/α,β-unsaturated/α-hetero) is 1. The lowest BCUT2D eigenvalue weighted by molar-refractivity contribution is -0.247. The highest BCUT2D eigenvalue weighted by molar-refractivity contribution is 6.31. The van der Waals surface area contributed by atoms with E-state index in [-0.39, 0.29) is 40.8 Å². The third-order valence-electron chi connectivity index (χ3n) is 7.80.